The summed E-state index contributed by atoms with van der Waals surface area (Å²) in [5.41, 5.74) is 0. The maximum atomic E-state index is 12.9. The first-order chi connectivity index (χ1) is 40.0. The molecular weight excluding hydrogens is 997 g/mol. The third-order valence-electron chi connectivity index (χ3n) is 16.3. The number of ether oxygens (including phenoxy) is 3. The molecule has 6 heteroatoms. The molecule has 0 aromatic rings. The minimum absolute atomic E-state index is 0.0755. The standard InChI is InChI=1S/C75H138O6/c1-4-7-10-13-16-19-22-25-28-30-32-33-34-35-36-37-38-39-40-41-43-44-47-50-53-56-59-62-65-68-74(77)80-71-72(70-79-73(76)67-64-61-58-55-52-49-46-27-24-21-18-15-12-9-6-3)81-75(78)69-66-63-60-57-54-51-48-45-42-31-29-26-23-20-17-14-11-8-5-2/h9,12,18,21,26-27,29,46,72H,4-8,10-11,13-17,19-20,22-25,28,30-45,47-71H2,1-3H3/b12-9-,21-18-,29-26-,46-27-. The van der Waals surface area contributed by atoms with E-state index >= 15 is 0 Å². The Morgan fingerprint density at radius 2 is 0.481 bits per heavy atom. The number of carbonyl (C=O) groups excluding carboxylic acids is 3. The van der Waals surface area contributed by atoms with Crippen LogP contribution in [-0.4, -0.2) is 37.2 Å². The molecule has 1 unspecified atom stereocenters. The fraction of sp³-hybridized carbons (Fsp3) is 0.853. The summed E-state index contributed by atoms with van der Waals surface area (Å²) < 4.78 is 17.0. The van der Waals surface area contributed by atoms with Gasteiger partial charge in [-0.05, 0) is 77.0 Å². The van der Waals surface area contributed by atoms with Crippen molar-refractivity contribution in [3.05, 3.63) is 48.6 Å². The van der Waals surface area contributed by atoms with Crippen LogP contribution in [0.4, 0.5) is 0 Å². The van der Waals surface area contributed by atoms with Gasteiger partial charge >= 0.3 is 17.9 Å². The number of hydrogen-bond donors (Lipinski definition) is 0. The van der Waals surface area contributed by atoms with E-state index in [1.165, 1.54) is 257 Å². The van der Waals surface area contributed by atoms with Crippen molar-refractivity contribution in [2.24, 2.45) is 0 Å². The molecule has 474 valence electrons. The van der Waals surface area contributed by atoms with Crippen molar-refractivity contribution in [1.82, 2.24) is 0 Å². The highest BCUT2D eigenvalue weighted by atomic mass is 16.6. The second-order valence-electron chi connectivity index (χ2n) is 24.5. The van der Waals surface area contributed by atoms with Gasteiger partial charge in [-0.15, -0.1) is 0 Å². The Labute approximate surface area is 505 Å². The molecule has 6 nitrogen and oxygen atoms in total. The first-order valence-electron chi connectivity index (χ1n) is 36.1. The van der Waals surface area contributed by atoms with E-state index in [9.17, 15) is 14.4 Å². The van der Waals surface area contributed by atoms with Crippen LogP contribution in [0.5, 0.6) is 0 Å². The zero-order valence-corrected chi connectivity index (χ0v) is 54.6. The summed E-state index contributed by atoms with van der Waals surface area (Å²) in [7, 11) is 0. The van der Waals surface area contributed by atoms with Gasteiger partial charge in [0.2, 0.25) is 0 Å². The molecule has 0 aromatic heterocycles. The normalized spacial score (nSPS) is 12.3. The molecule has 0 spiro atoms. The minimum atomic E-state index is -0.781. The first kappa shape index (κ1) is 78.4. The lowest BCUT2D eigenvalue weighted by atomic mass is 10.0. The van der Waals surface area contributed by atoms with Crippen molar-refractivity contribution in [3.63, 3.8) is 0 Å². The lowest BCUT2D eigenvalue weighted by Gasteiger charge is -2.18. The molecule has 81 heavy (non-hydrogen) atoms. The summed E-state index contributed by atoms with van der Waals surface area (Å²) in [4.78, 5) is 38.4. The van der Waals surface area contributed by atoms with Crippen LogP contribution in [0.3, 0.4) is 0 Å². The predicted molar refractivity (Wildman–Crippen MR) is 353 cm³/mol. The monoisotopic (exact) mass is 1140 g/mol. The SMILES string of the molecule is CC/C=C\C/C=C\C/C=C\CCCCCCCC(=O)OCC(COC(=O)CCCCCCCCCCCCCCCCCCCCCCCCCCCCCCC)OC(=O)CCCCCCCCCCC/C=C\CCCCCCCC. The molecule has 0 aromatic carbocycles. The molecule has 0 radical (unpaired) electrons. The average Bonchev–Trinajstić information content (AvgIpc) is 3.47. The molecule has 0 aliphatic carbocycles. The van der Waals surface area contributed by atoms with E-state index in [-0.39, 0.29) is 31.1 Å². The highest BCUT2D eigenvalue weighted by Gasteiger charge is 2.19. The highest BCUT2D eigenvalue weighted by molar-refractivity contribution is 5.71. The van der Waals surface area contributed by atoms with E-state index in [0.717, 1.165) is 96.3 Å². The fourth-order valence-electron chi connectivity index (χ4n) is 10.9. The summed E-state index contributed by atoms with van der Waals surface area (Å²) in [5, 5.41) is 0. The Hall–Kier alpha value is -2.63. The van der Waals surface area contributed by atoms with Crippen LogP contribution < -0.4 is 0 Å². The van der Waals surface area contributed by atoms with Gasteiger partial charge in [-0.2, -0.15) is 0 Å². The van der Waals surface area contributed by atoms with Crippen LogP contribution >= 0.6 is 0 Å². The largest absolute Gasteiger partial charge is 0.462 e. The number of rotatable bonds is 67. The van der Waals surface area contributed by atoms with Crippen molar-refractivity contribution >= 4 is 17.9 Å². The quantitative estimate of drug-likeness (QED) is 0.0261. The maximum absolute atomic E-state index is 12.9. The van der Waals surface area contributed by atoms with Gasteiger partial charge in [0.15, 0.2) is 6.10 Å². The van der Waals surface area contributed by atoms with Gasteiger partial charge in [0.05, 0.1) is 0 Å². The van der Waals surface area contributed by atoms with Gasteiger partial charge in [-0.3, -0.25) is 14.4 Å². The zero-order chi connectivity index (χ0) is 58.5. The second kappa shape index (κ2) is 69.9. The third kappa shape index (κ3) is 68.0. The van der Waals surface area contributed by atoms with Crippen LogP contribution in [0, 0.1) is 0 Å². The van der Waals surface area contributed by atoms with Crippen molar-refractivity contribution in [3.8, 4) is 0 Å². The third-order valence-corrected chi connectivity index (χ3v) is 16.3. The van der Waals surface area contributed by atoms with Crippen LogP contribution in [-0.2, 0) is 28.6 Å². The molecule has 0 amide bonds. The van der Waals surface area contributed by atoms with E-state index in [2.05, 4.69) is 69.4 Å². The number of allylic oxidation sites excluding steroid dienone is 8. The summed E-state index contributed by atoms with van der Waals surface area (Å²) in [6, 6.07) is 0. The Kier molecular flexibility index (Phi) is 67.6. The number of esters is 3. The predicted octanol–water partition coefficient (Wildman–Crippen LogP) is 24.9. The fourth-order valence-corrected chi connectivity index (χ4v) is 10.9. The molecule has 0 saturated carbocycles. The Morgan fingerprint density at radius 1 is 0.259 bits per heavy atom. The molecule has 0 saturated heterocycles. The summed E-state index contributed by atoms with van der Waals surface area (Å²) in [6.07, 6.45) is 88.7. The number of unbranched alkanes of at least 4 members (excludes halogenated alkanes) is 48. The topological polar surface area (TPSA) is 78.9 Å². The molecular formula is C75H138O6. The molecule has 0 fully saturated rings. The van der Waals surface area contributed by atoms with Crippen LogP contribution in [0.15, 0.2) is 48.6 Å². The Balaban J connectivity index is 4.21. The second-order valence-corrected chi connectivity index (χ2v) is 24.5. The summed E-state index contributed by atoms with van der Waals surface area (Å²) >= 11 is 0. The van der Waals surface area contributed by atoms with Gasteiger partial charge in [-0.25, -0.2) is 0 Å². The Morgan fingerprint density at radius 3 is 0.765 bits per heavy atom. The molecule has 0 rings (SSSR count). The van der Waals surface area contributed by atoms with E-state index in [4.69, 9.17) is 14.2 Å². The van der Waals surface area contributed by atoms with Crippen molar-refractivity contribution in [1.29, 1.82) is 0 Å². The van der Waals surface area contributed by atoms with E-state index in [1.807, 2.05) is 0 Å². The lowest BCUT2D eigenvalue weighted by Crippen LogP contribution is -2.30. The van der Waals surface area contributed by atoms with Gasteiger partial charge in [-0.1, -0.05) is 345 Å². The van der Waals surface area contributed by atoms with Crippen molar-refractivity contribution < 1.29 is 28.6 Å². The van der Waals surface area contributed by atoms with Gasteiger partial charge in [0.25, 0.3) is 0 Å². The summed E-state index contributed by atoms with van der Waals surface area (Å²) in [6.45, 7) is 6.58. The lowest BCUT2D eigenvalue weighted by molar-refractivity contribution is -0.167. The van der Waals surface area contributed by atoms with E-state index < -0.39 is 6.10 Å². The highest BCUT2D eigenvalue weighted by Crippen LogP contribution is 2.19. The maximum Gasteiger partial charge on any atom is 0.306 e. The summed E-state index contributed by atoms with van der Waals surface area (Å²) in [5.74, 6) is -0.869. The smallest absolute Gasteiger partial charge is 0.306 e. The zero-order valence-electron chi connectivity index (χ0n) is 54.6. The van der Waals surface area contributed by atoms with Gasteiger partial charge in [0.1, 0.15) is 13.2 Å². The molecule has 0 aliphatic heterocycles. The Bertz CT molecular complexity index is 1400. The molecule has 0 N–H and O–H groups in total. The number of hydrogen-bond acceptors (Lipinski definition) is 6. The number of carbonyl (C=O) groups is 3. The van der Waals surface area contributed by atoms with Crippen molar-refractivity contribution in [2.45, 2.75) is 399 Å². The van der Waals surface area contributed by atoms with Gasteiger partial charge < -0.3 is 14.2 Å². The van der Waals surface area contributed by atoms with Crippen LogP contribution in [0.25, 0.3) is 0 Å². The minimum Gasteiger partial charge on any atom is -0.462 e. The van der Waals surface area contributed by atoms with Gasteiger partial charge in [0, 0.05) is 19.3 Å². The van der Waals surface area contributed by atoms with Crippen molar-refractivity contribution in [2.75, 3.05) is 13.2 Å². The molecule has 0 bridgehead atoms. The van der Waals surface area contributed by atoms with E-state index in [1.54, 1.807) is 0 Å². The van der Waals surface area contributed by atoms with E-state index in [0.29, 0.717) is 19.3 Å². The molecule has 0 aliphatic rings. The molecule has 1 atom stereocenters. The average molecular weight is 1140 g/mol. The van der Waals surface area contributed by atoms with Crippen LogP contribution in [0.2, 0.25) is 0 Å². The van der Waals surface area contributed by atoms with Crippen LogP contribution in [0.1, 0.15) is 393 Å². The first-order valence-corrected chi connectivity index (χ1v) is 36.1. The molecule has 0 heterocycles.